The van der Waals surface area contributed by atoms with E-state index in [-0.39, 0.29) is 0 Å². The monoisotopic (exact) mass is 226 g/mol. The van der Waals surface area contributed by atoms with E-state index in [1.807, 2.05) is 10.9 Å². The quantitative estimate of drug-likeness (QED) is 0.677. The summed E-state index contributed by atoms with van der Waals surface area (Å²) in [5.41, 5.74) is 0.901. The lowest BCUT2D eigenvalue weighted by atomic mass is 10.4. The van der Waals surface area contributed by atoms with Crippen LogP contribution in [0.25, 0.3) is 0 Å². The van der Waals surface area contributed by atoms with Gasteiger partial charge in [-0.15, -0.1) is 5.10 Å². The van der Waals surface area contributed by atoms with Crippen molar-refractivity contribution in [1.29, 1.82) is 0 Å². The molecule has 0 fully saturated rings. The molecule has 0 saturated carbocycles. The van der Waals surface area contributed by atoms with Crippen molar-refractivity contribution in [2.45, 2.75) is 46.4 Å². The van der Waals surface area contributed by atoms with Crippen LogP contribution >= 0.6 is 0 Å². The van der Waals surface area contributed by atoms with Crippen LogP contribution in [0.1, 0.15) is 32.9 Å². The highest BCUT2D eigenvalue weighted by molar-refractivity contribution is 4.89. The molecule has 1 aromatic rings. The Morgan fingerprint density at radius 1 is 1.50 bits per heavy atom. The van der Waals surface area contributed by atoms with E-state index >= 15 is 0 Å². The summed E-state index contributed by atoms with van der Waals surface area (Å²) in [6.07, 6.45) is 3.02. The van der Waals surface area contributed by atoms with E-state index in [9.17, 15) is 0 Å². The summed E-state index contributed by atoms with van der Waals surface area (Å²) < 4.78 is 7.34. The molecule has 0 unspecified atom stereocenters. The average molecular weight is 226 g/mol. The molecule has 0 spiro atoms. The largest absolute Gasteiger partial charge is 0.374 e. The number of aromatic nitrogens is 3. The molecule has 0 aliphatic carbocycles. The lowest BCUT2D eigenvalue weighted by Crippen LogP contribution is -2.26. The number of ether oxygens (including phenoxy) is 1. The van der Waals surface area contributed by atoms with E-state index in [1.54, 1.807) is 0 Å². The first-order valence-corrected chi connectivity index (χ1v) is 5.92. The van der Waals surface area contributed by atoms with Crippen LogP contribution in [0.4, 0.5) is 0 Å². The van der Waals surface area contributed by atoms with Crippen LogP contribution in [-0.2, 0) is 17.9 Å². The lowest BCUT2D eigenvalue weighted by Gasteiger charge is -2.07. The van der Waals surface area contributed by atoms with Gasteiger partial charge in [0.1, 0.15) is 5.69 Å². The molecule has 1 heterocycles. The molecule has 1 aromatic heterocycles. The number of nitrogens with zero attached hydrogens (tertiary/aromatic N) is 3. The molecule has 0 aliphatic rings. The molecule has 5 nitrogen and oxygen atoms in total. The Hall–Kier alpha value is -0.940. The molecule has 0 amide bonds. The zero-order valence-corrected chi connectivity index (χ0v) is 10.4. The minimum Gasteiger partial charge on any atom is -0.374 e. The standard InChI is InChI=1S/C11H22N4O/c1-4-6-15-8-11(13-14-15)9-16-7-5-12-10(2)3/h8,10,12H,4-7,9H2,1-3H3. The normalized spacial score (nSPS) is 11.2. The fourth-order valence-electron chi connectivity index (χ4n) is 1.34. The van der Waals surface area contributed by atoms with Gasteiger partial charge in [0.2, 0.25) is 0 Å². The lowest BCUT2D eigenvalue weighted by molar-refractivity contribution is 0.119. The third-order valence-corrected chi connectivity index (χ3v) is 2.09. The molecular formula is C11H22N4O. The highest BCUT2D eigenvalue weighted by Crippen LogP contribution is 1.96. The summed E-state index contributed by atoms with van der Waals surface area (Å²) in [6, 6.07) is 0.508. The van der Waals surface area contributed by atoms with Gasteiger partial charge >= 0.3 is 0 Å². The maximum Gasteiger partial charge on any atom is 0.108 e. The number of nitrogens with one attached hydrogen (secondary N) is 1. The molecule has 1 rings (SSSR count). The predicted molar refractivity (Wildman–Crippen MR) is 63.1 cm³/mol. The molecule has 5 heteroatoms. The van der Waals surface area contributed by atoms with Crippen LogP contribution in [0.2, 0.25) is 0 Å². The van der Waals surface area contributed by atoms with E-state index in [0.29, 0.717) is 19.3 Å². The molecule has 0 aromatic carbocycles. The molecule has 0 saturated heterocycles. The summed E-state index contributed by atoms with van der Waals surface area (Å²) in [7, 11) is 0. The molecule has 16 heavy (non-hydrogen) atoms. The third kappa shape index (κ3) is 5.23. The van der Waals surface area contributed by atoms with Gasteiger partial charge in [-0.3, -0.25) is 4.68 Å². The number of rotatable bonds is 8. The van der Waals surface area contributed by atoms with Gasteiger partial charge in [0.15, 0.2) is 0 Å². The molecule has 1 N–H and O–H groups in total. The zero-order valence-electron chi connectivity index (χ0n) is 10.4. The number of hydrogen-bond donors (Lipinski definition) is 1. The Kier molecular flexibility index (Phi) is 6.03. The molecule has 0 atom stereocenters. The number of aryl methyl sites for hydroxylation is 1. The van der Waals surface area contributed by atoms with Gasteiger partial charge < -0.3 is 10.1 Å². The summed E-state index contributed by atoms with van der Waals surface area (Å²) in [4.78, 5) is 0. The molecule has 0 aliphatic heterocycles. The minimum absolute atomic E-state index is 0.508. The van der Waals surface area contributed by atoms with Crippen LogP contribution in [0, 0.1) is 0 Å². The summed E-state index contributed by atoms with van der Waals surface area (Å²) in [5, 5.41) is 11.3. The Balaban J connectivity index is 2.12. The average Bonchev–Trinajstić information content (AvgIpc) is 2.65. The smallest absolute Gasteiger partial charge is 0.108 e. The van der Waals surface area contributed by atoms with Crippen molar-refractivity contribution >= 4 is 0 Å². The maximum atomic E-state index is 5.48. The van der Waals surface area contributed by atoms with Crippen molar-refractivity contribution in [2.75, 3.05) is 13.2 Å². The van der Waals surface area contributed by atoms with E-state index in [1.165, 1.54) is 0 Å². The second-order valence-electron chi connectivity index (χ2n) is 4.13. The Morgan fingerprint density at radius 3 is 3.00 bits per heavy atom. The summed E-state index contributed by atoms with van der Waals surface area (Å²) in [6.45, 7) is 9.41. The third-order valence-electron chi connectivity index (χ3n) is 2.09. The van der Waals surface area contributed by atoms with E-state index < -0.39 is 0 Å². The molecule has 0 bridgehead atoms. The van der Waals surface area contributed by atoms with Gasteiger partial charge in [-0.25, -0.2) is 0 Å². The van der Waals surface area contributed by atoms with Crippen LogP contribution in [-0.4, -0.2) is 34.2 Å². The first-order valence-electron chi connectivity index (χ1n) is 5.92. The van der Waals surface area contributed by atoms with Gasteiger partial charge in [0, 0.05) is 19.1 Å². The molecular weight excluding hydrogens is 204 g/mol. The highest BCUT2D eigenvalue weighted by Gasteiger charge is 2.00. The Labute approximate surface area is 97.2 Å². The number of hydrogen-bond acceptors (Lipinski definition) is 4. The van der Waals surface area contributed by atoms with Crippen molar-refractivity contribution in [3.8, 4) is 0 Å². The predicted octanol–water partition coefficient (Wildman–Crippen LogP) is 1.20. The summed E-state index contributed by atoms with van der Waals surface area (Å²) in [5.74, 6) is 0. The topological polar surface area (TPSA) is 52.0 Å². The first-order chi connectivity index (χ1) is 7.72. The van der Waals surface area contributed by atoms with Gasteiger partial charge in [0.25, 0.3) is 0 Å². The van der Waals surface area contributed by atoms with Gasteiger partial charge in [-0.2, -0.15) is 0 Å². The van der Waals surface area contributed by atoms with Gasteiger partial charge in [0.05, 0.1) is 19.4 Å². The summed E-state index contributed by atoms with van der Waals surface area (Å²) >= 11 is 0. The van der Waals surface area contributed by atoms with Crippen molar-refractivity contribution in [2.24, 2.45) is 0 Å². The van der Waals surface area contributed by atoms with E-state index in [4.69, 9.17) is 4.74 Å². The Morgan fingerprint density at radius 2 is 2.31 bits per heavy atom. The van der Waals surface area contributed by atoms with Crippen LogP contribution in [0.5, 0.6) is 0 Å². The highest BCUT2D eigenvalue weighted by atomic mass is 16.5. The van der Waals surface area contributed by atoms with Crippen LogP contribution in [0.3, 0.4) is 0 Å². The SMILES string of the molecule is CCCn1cc(COCCNC(C)C)nn1. The first kappa shape index (κ1) is 13.1. The molecule has 0 radical (unpaired) electrons. The van der Waals surface area contributed by atoms with Gasteiger partial charge in [-0.05, 0) is 6.42 Å². The van der Waals surface area contributed by atoms with Crippen molar-refractivity contribution < 1.29 is 4.74 Å². The second kappa shape index (κ2) is 7.35. The minimum atomic E-state index is 0.508. The Bertz CT molecular complexity index is 285. The molecule has 92 valence electrons. The fourth-order valence-corrected chi connectivity index (χ4v) is 1.34. The van der Waals surface area contributed by atoms with Crippen molar-refractivity contribution in [1.82, 2.24) is 20.3 Å². The van der Waals surface area contributed by atoms with E-state index in [2.05, 4.69) is 36.4 Å². The van der Waals surface area contributed by atoms with E-state index in [0.717, 1.165) is 25.2 Å². The second-order valence-corrected chi connectivity index (χ2v) is 4.13. The van der Waals surface area contributed by atoms with Crippen LogP contribution < -0.4 is 5.32 Å². The van der Waals surface area contributed by atoms with Gasteiger partial charge in [-0.1, -0.05) is 26.0 Å². The fraction of sp³-hybridized carbons (Fsp3) is 0.818. The van der Waals surface area contributed by atoms with Crippen LogP contribution in [0.15, 0.2) is 6.20 Å². The van der Waals surface area contributed by atoms with Crippen molar-refractivity contribution in [3.05, 3.63) is 11.9 Å². The van der Waals surface area contributed by atoms with Crippen molar-refractivity contribution in [3.63, 3.8) is 0 Å². The maximum absolute atomic E-state index is 5.48. The zero-order chi connectivity index (χ0) is 11.8.